The minimum Gasteiger partial charge on any atom is -0.389 e. The van der Waals surface area contributed by atoms with Crippen LogP contribution in [0, 0.1) is 23.2 Å². The van der Waals surface area contributed by atoms with Gasteiger partial charge in [-0.2, -0.15) is 0 Å². The smallest absolute Gasteiger partial charge is 0.0741 e. The van der Waals surface area contributed by atoms with Crippen molar-refractivity contribution >= 4 is 0 Å². The normalized spacial score (nSPS) is 48.2. The van der Waals surface area contributed by atoms with Gasteiger partial charge < -0.3 is 10.8 Å². The molecule has 112 valence electrons. The van der Waals surface area contributed by atoms with Crippen molar-refractivity contribution in [3.05, 3.63) is 0 Å². The monoisotopic (exact) mass is 267 g/mol. The molecule has 0 heterocycles. The lowest BCUT2D eigenvalue weighted by Crippen LogP contribution is -2.59. The lowest BCUT2D eigenvalue weighted by atomic mass is 9.53. The summed E-state index contributed by atoms with van der Waals surface area (Å²) < 4.78 is 0. The molecule has 0 saturated heterocycles. The predicted molar refractivity (Wildman–Crippen MR) is 80.9 cm³/mol. The summed E-state index contributed by atoms with van der Waals surface area (Å²) >= 11 is 0. The van der Waals surface area contributed by atoms with Crippen LogP contribution in [0.3, 0.4) is 0 Å². The average molecular weight is 267 g/mol. The van der Waals surface area contributed by atoms with Gasteiger partial charge in [0.15, 0.2) is 0 Å². The van der Waals surface area contributed by atoms with Gasteiger partial charge in [0.05, 0.1) is 5.60 Å². The molecule has 2 fully saturated rings. The molecule has 0 bridgehead atoms. The Kier molecular flexibility index (Phi) is 4.62. The first-order valence-electron chi connectivity index (χ1n) is 8.40. The first kappa shape index (κ1) is 15.3. The topological polar surface area (TPSA) is 46.2 Å². The SMILES string of the molecule is CCC1CCCC(CN)(C2(O)CCC(C)CC2C)C1. The second-order valence-electron chi connectivity index (χ2n) is 7.56. The van der Waals surface area contributed by atoms with Gasteiger partial charge in [0.2, 0.25) is 0 Å². The summed E-state index contributed by atoms with van der Waals surface area (Å²) in [6.45, 7) is 7.52. The first-order valence-corrected chi connectivity index (χ1v) is 8.40. The first-order chi connectivity index (χ1) is 8.97. The van der Waals surface area contributed by atoms with Gasteiger partial charge in [-0.25, -0.2) is 0 Å². The van der Waals surface area contributed by atoms with Crippen LogP contribution in [0.4, 0.5) is 0 Å². The molecule has 3 N–H and O–H groups in total. The molecule has 2 aliphatic rings. The Morgan fingerprint density at radius 2 is 1.95 bits per heavy atom. The summed E-state index contributed by atoms with van der Waals surface area (Å²) in [4.78, 5) is 0. The van der Waals surface area contributed by atoms with Crippen LogP contribution >= 0.6 is 0 Å². The average Bonchev–Trinajstić information content (AvgIpc) is 2.43. The summed E-state index contributed by atoms with van der Waals surface area (Å²) in [5, 5.41) is 11.5. The van der Waals surface area contributed by atoms with Crippen LogP contribution in [0.15, 0.2) is 0 Å². The highest BCUT2D eigenvalue weighted by atomic mass is 16.3. The van der Waals surface area contributed by atoms with Gasteiger partial charge in [0.1, 0.15) is 0 Å². The zero-order valence-corrected chi connectivity index (χ0v) is 13.1. The van der Waals surface area contributed by atoms with E-state index in [9.17, 15) is 5.11 Å². The maximum atomic E-state index is 11.5. The number of nitrogens with two attached hydrogens (primary N) is 1. The van der Waals surface area contributed by atoms with E-state index < -0.39 is 5.60 Å². The number of aliphatic hydroxyl groups is 1. The molecule has 0 amide bonds. The van der Waals surface area contributed by atoms with Crippen LogP contribution in [-0.2, 0) is 0 Å². The van der Waals surface area contributed by atoms with Gasteiger partial charge in [0.25, 0.3) is 0 Å². The summed E-state index contributed by atoms with van der Waals surface area (Å²) in [6.07, 6.45) is 9.39. The van der Waals surface area contributed by atoms with Crippen LogP contribution in [0.5, 0.6) is 0 Å². The lowest BCUT2D eigenvalue weighted by molar-refractivity contribution is -0.166. The van der Waals surface area contributed by atoms with Gasteiger partial charge >= 0.3 is 0 Å². The largest absolute Gasteiger partial charge is 0.389 e. The molecule has 0 spiro atoms. The summed E-state index contributed by atoms with van der Waals surface area (Å²) in [6, 6.07) is 0. The quantitative estimate of drug-likeness (QED) is 0.818. The van der Waals surface area contributed by atoms with Gasteiger partial charge in [-0.1, -0.05) is 40.0 Å². The van der Waals surface area contributed by atoms with Crippen LogP contribution in [0.25, 0.3) is 0 Å². The molecule has 2 nitrogen and oxygen atoms in total. The van der Waals surface area contributed by atoms with Gasteiger partial charge in [-0.15, -0.1) is 0 Å². The maximum absolute atomic E-state index is 11.5. The Bertz CT molecular complexity index is 306. The molecule has 0 radical (unpaired) electrons. The maximum Gasteiger partial charge on any atom is 0.0741 e. The lowest BCUT2D eigenvalue weighted by Gasteiger charge is -2.56. The number of rotatable bonds is 3. The second kappa shape index (κ2) is 5.73. The summed E-state index contributed by atoms with van der Waals surface area (Å²) in [5.41, 5.74) is 5.69. The Labute approximate surface area is 119 Å². The Balaban J connectivity index is 2.23. The molecule has 2 aliphatic carbocycles. The van der Waals surface area contributed by atoms with Crippen molar-refractivity contribution in [1.29, 1.82) is 0 Å². The van der Waals surface area contributed by atoms with Gasteiger partial charge in [0, 0.05) is 12.0 Å². The van der Waals surface area contributed by atoms with Crippen LogP contribution in [0.2, 0.25) is 0 Å². The highest BCUT2D eigenvalue weighted by Crippen LogP contribution is 2.54. The van der Waals surface area contributed by atoms with Crippen molar-refractivity contribution in [1.82, 2.24) is 0 Å². The molecule has 19 heavy (non-hydrogen) atoms. The van der Waals surface area contributed by atoms with Crippen molar-refractivity contribution in [3.63, 3.8) is 0 Å². The molecule has 0 aliphatic heterocycles. The molecule has 0 aromatic rings. The van der Waals surface area contributed by atoms with Crippen LogP contribution < -0.4 is 5.73 Å². The van der Waals surface area contributed by atoms with E-state index in [0.29, 0.717) is 12.5 Å². The highest BCUT2D eigenvalue weighted by molar-refractivity contribution is 5.06. The molecule has 0 aromatic heterocycles. The van der Waals surface area contributed by atoms with Gasteiger partial charge in [-0.3, -0.25) is 0 Å². The molecule has 2 rings (SSSR count). The minimum atomic E-state index is -0.512. The van der Waals surface area contributed by atoms with Crippen molar-refractivity contribution in [2.75, 3.05) is 6.54 Å². The number of hydrogen-bond donors (Lipinski definition) is 2. The zero-order chi connectivity index (χ0) is 14.1. The molecule has 0 aromatic carbocycles. The Morgan fingerprint density at radius 1 is 1.21 bits per heavy atom. The van der Waals surface area contributed by atoms with Crippen molar-refractivity contribution in [3.8, 4) is 0 Å². The van der Waals surface area contributed by atoms with Crippen LogP contribution in [0.1, 0.15) is 72.1 Å². The van der Waals surface area contributed by atoms with E-state index in [-0.39, 0.29) is 5.41 Å². The molecular weight excluding hydrogens is 234 g/mol. The van der Waals surface area contributed by atoms with Crippen molar-refractivity contribution in [2.24, 2.45) is 28.9 Å². The molecule has 5 unspecified atom stereocenters. The van der Waals surface area contributed by atoms with Crippen molar-refractivity contribution in [2.45, 2.75) is 77.7 Å². The zero-order valence-electron chi connectivity index (χ0n) is 13.1. The summed E-state index contributed by atoms with van der Waals surface area (Å²) in [7, 11) is 0. The number of hydrogen-bond acceptors (Lipinski definition) is 2. The van der Waals surface area contributed by atoms with Crippen LogP contribution in [-0.4, -0.2) is 17.3 Å². The fraction of sp³-hybridized carbons (Fsp3) is 1.00. The van der Waals surface area contributed by atoms with E-state index in [1.165, 1.54) is 25.7 Å². The minimum absolute atomic E-state index is 0.00845. The third kappa shape index (κ3) is 2.58. The fourth-order valence-corrected chi connectivity index (χ4v) is 5.01. The third-order valence-electron chi connectivity index (χ3n) is 6.42. The third-order valence-corrected chi connectivity index (χ3v) is 6.42. The van der Waals surface area contributed by atoms with E-state index >= 15 is 0 Å². The molecule has 5 atom stereocenters. The Morgan fingerprint density at radius 3 is 2.53 bits per heavy atom. The van der Waals surface area contributed by atoms with E-state index in [1.54, 1.807) is 0 Å². The van der Waals surface area contributed by atoms with E-state index in [1.807, 2.05) is 0 Å². The second-order valence-corrected chi connectivity index (χ2v) is 7.56. The molecule has 2 heteroatoms. The highest BCUT2D eigenvalue weighted by Gasteiger charge is 2.54. The Hall–Kier alpha value is -0.0800. The predicted octanol–water partition coefficient (Wildman–Crippen LogP) is 3.72. The van der Waals surface area contributed by atoms with Crippen molar-refractivity contribution < 1.29 is 5.11 Å². The van der Waals surface area contributed by atoms with E-state index in [0.717, 1.165) is 37.5 Å². The van der Waals surface area contributed by atoms with E-state index in [4.69, 9.17) is 5.73 Å². The fourth-order valence-electron chi connectivity index (χ4n) is 5.01. The molecule has 2 saturated carbocycles. The summed E-state index contributed by atoms with van der Waals surface area (Å²) in [5.74, 6) is 1.93. The standard InChI is InChI=1S/C17H33NO/c1-4-15-6-5-8-16(11-15,12-18)17(19)9-7-13(2)10-14(17)3/h13-15,19H,4-12,18H2,1-3H3. The molecular formula is C17H33NO. The van der Waals surface area contributed by atoms with E-state index in [2.05, 4.69) is 20.8 Å². The van der Waals surface area contributed by atoms with Gasteiger partial charge in [-0.05, 0) is 49.9 Å².